The summed E-state index contributed by atoms with van der Waals surface area (Å²) in [5.41, 5.74) is 6.57. The van der Waals surface area contributed by atoms with E-state index >= 15 is 0 Å². The lowest BCUT2D eigenvalue weighted by molar-refractivity contribution is -0.150. The van der Waals surface area contributed by atoms with Gasteiger partial charge in [-0.1, -0.05) is 84.2 Å². The minimum atomic E-state index is -2.15. The number of Topliss-reactive ketones (excluding diaryl/α,β-unsaturated/α-hetero) is 3. The van der Waals surface area contributed by atoms with Crippen LogP contribution in [0.4, 0.5) is 5.13 Å². The molecule has 0 unspecified atom stereocenters. The van der Waals surface area contributed by atoms with Gasteiger partial charge >= 0.3 is 17.9 Å². The summed E-state index contributed by atoms with van der Waals surface area (Å²) in [7, 11) is -0.0800. The number of thiazole rings is 1. The van der Waals surface area contributed by atoms with Crippen LogP contribution >= 0.6 is 106 Å². The molecule has 5 amide bonds. The maximum atomic E-state index is 13.1. The topological polar surface area (TPSA) is 478 Å². The number of anilines is 1. The first kappa shape index (κ1) is 88.8. The molecule has 7 N–H and O–H groups in total. The number of ketones is 3. The Kier molecular flexibility index (Phi) is 32.9. The predicted octanol–water partition coefficient (Wildman–Crippen LogP) is 6.52. The molecule has 10 rings (SSSR count). The smallest absolute Gasteiger partial charge is 0.352 e. The lowest BCUT2D eigenvalue weighted by Crippen LogP contribution is -2.73. The summed E-state index contributed by atoms with van der Waals surface area (Å²) in [5, 5.41) is 34.3. The Morgan fingerprint density at radius 3 is 1.32 bits per heavy atom. The van der Waals surface area contributed by atoms with Crippen molar-refractivity contribution in [1.29, 1.82) is 0 Å². The molecule has 10 heterocycles. The average Bonchev–Trinajstić information content (AvgIpc) is 0.844. The number of amides is 5. The lowest BCUT2D eigenvalue weighted by atomic mass is 10.0. The number of hydrogen-bond acceptors (Lipinski definition) is 34. The molecule has 6 aliphatic heterocycles. The van der Waals surface area contributed by atoms with Crippen molar-refractivity contribution in [3.05, 3.63) is 117 Å². The van der Waals surface area contributed by atoms with Gasteiger partial charge in [0.05, 0.1) is 18.8 Å². The van der Waals surface area contributed by atoms with E-state index < -0.39 is 92.4 Å². The number of rotatable bonds is 28. The van der Waals surface area contributed by atoms with E-state index in [2.05, 4.69) is 65.4 Å². The normalized spacial score (nSPS) is 19.5. The van der Waals surface area contributed by atoms with Gasteiger partial charge in [-0.15, -0.1) is 70.6 Å². The van der Waals surface area contributed by atoms with Gasteiger partial charge in [-0.3, -0.25) is 67.4 Å². The number of fused-ring (bicyclic) bond motifs is 3. The first-order valence-electron chi connectivity index (χ1n) is 31.9. The van der Waals surface area contributed by atoms with Crippen LogP contribution in [0.1, 0.15) is 71.0 Å². The van der Waals surface area contributed by atoms with Gasteiger partial charge in [0.2, 0.25) is 19.9 Å². The zero-order valence-corrected chi connectivity index (χ0v) is 69.9. The molecule has 0 bridgehead atoms. The van der Waals surface area contributed by atoms with Gasteiger partial charge in [-0.05, 0) is 72.8 Å². The molecule has 0 aromatic carbocycles. The summed E-state index contributed by atoms with van der Waals surface area (Å²) in [5.74, 6) is -5.05. The largest absolute Gasteiger partial charge is 0.515 e. The van der Waals surface area contributed by atoms with E-state index in [0.717, 1.165) is 62.0 Å². The van der Waals surface area contributed by atoms with Crippen LogP contribution in [0.15, 0.2) is 123 Å². The summed E-state index contributed by atoms with van der Waals surface area (Å²) < 4.78 is 21.0. The summed E-state index contributed by atoms with van der Waals surface area (Å²) in [6.45, 7) is 16.7. The molecule has 108 heavy (non-hydrogen) atoms. The van der Waals surface area contributed by atoms with Crippen molar-refractivity contribution in [3.63, 3.8) is 0 Å². The quantitative estimate of drug-likeness (QED) is 0.00879. The second-order valence-corrected chi connectivity index (χ2v) is 40.9. The number of nitrogens with zero attached hydrogens (tertiary/aromatic N) is 7. The number of furan rings is 3. The summed E-state index contributed by atoms with van der Waals surface area (Å²) in [4.78, 5) is 196. The molecule has 34 nitrogen and oxygen atoms in total. The Morgan fingerprint density at radius 2 is 0.972 bits per heavy atom. The van der Waals surface area contributed by atoms with Crippen molar-refractivity contribution in [2.45, 2.75) is 107 Å². The molecule has 4 aromatic heterocycles. The molecule has 0 aliphatic carbocycles. The maximum absolute atomic E-state index is 13.1. The number of carboxylic acids is 2. The monoisotopic (exact) mass is 1770 g/mol. The highest BCUT2D eigenvalue weighted by molar-refractivity contribution is 14.0. The van der Waals surface area contributed by atoms with Crippen molar-refractivity contribution in [1.82, 2.24) is 35.3 Å². The molecule has 0 radical (unpaired) electrons. The summed E-state index contributed by atoms with van der Waals surface area (Å²) in [6, 6.07) is 7.17. The number of aliphatic carboxylic acids is 2. The third kappa shape index (κ3) is 22.3. The highest BCUT2D eigenvalue weighted by atomic mass is 127. The number of carbonyl (C=O) groups excluding carboxylic acids is 12. The zero-order chi connectivity index (χ0) is 78.9. The van der Waals surface area contributed by atoms with Crippen molar-refractivity contribution >= 4 is 225 Å². The number of nitrogen functional groups attached to an aromatic ring is 1. The van der Waals surface area contributed by atoms with Crippen LogP contribution in [0.2, 0.25) is 39.3 Å². The van der Waals surface area contributed by atoms with Crippen LogP contribution in [-0.4, -0.2) is 234 Å². The number of carbonyl (C=O) groups is 14. The number of hydrogen-bond donors (Lipinski definition) is 6. The van der Waals surface area contributed by atoms with Gasteiger partial charge in [0.25, 0.3) is 39.0 Å². The Bertz CT molecular complexity index is 4310. The third-order valence-corrected chi connectivity index (χ3v) is 24.4. The van der Waals surface area contributed by atoms with Gasteiger partial charge in [0.15, 0.2) is 51.2 Å². The molecule has 4 aromatic rings. The fraction of sp³-hybridized carbons (Fsp3) is 0.406. The van der Waals surface area contributed by atoms with Crippen molar-refractivity contribution in [2.24, 2.45) is 15.5 Å². The number of oxime groups is 3. The Morgan fingerprint density at radius 1 is 0.593 bits per heavy atom. The standard InChI is InChI=1S/C19H17N5O7S3.C19H19N3O8S2.C19H28N2O5S2Si2.C7H11NO3.HI/c1-30-23-11(9-7-34-19(20)21-9)14(25)22-12-15(26)24-13(17(27)28)8(5-32-16(12)24)6-33-18(29)10-3-2-4-31-10;1-3-10(23)12(21-29-2)15(24)20-13-16(25)22-14(18(26)27)9(7-31-17(13)22)8-32-19(28)11-5-4-6-30-11;1-29(2,3)20-14-16(22)21-15(18(23)26-30(4,5)6)12(10-27-17(14)21)11-28-19(24)13-8-7-9-25-13;1-4-6(10)7(5(2)9)8-11-3;/h2-4,7,12,16H,5-6H2,1H3,(H2,20,21)(H,22,25)(H,27,28);4-6,13,17H,3,7-8H2,1-2H3,(H,20,24)(H,26,27);7-9,14,17,20H,10-11H2,1-6H3;4H2,1-3H3;1H/b23-11-;21-12-;;8-7+;/t12-,16-;13-,17-;14-,17-;;/m111../s1. The first-order chi connectivity index (χ1) is 50.6. The van der Waals surface area contributed by atoms with Gasteiger partial charge < -0.3 is 63.8 Å². The molecule has 3 saturated heterocycles. The molecule has 6 atom stereocenters. The van der Waals surface area contributed by atoms with E-state index in [4.69, 9.17) is 28.2 Å². The highest BCUT2D eigenvalue weighted by Gasteiger charge is 2.57. The van der Waals surface area contributed by atoms with Crippen LogP contribution in [0.5, 0.6) is 0 Å². The van der Waals surface area contributed by atoms with Crippen LogP contribution in [0.25, 0.3) is 0 Å². The average molecular weight is 1770 g/mol. The predicted molar refractivity (Wildman–Crippen MR) is 421 cm³/mol. The molecule has 44 heteroatoms. The summed E-state index contributed by atoms with van der Waals surface area (Å²) in [6.07, 6.45) is 4.47. The van der Waals surface area contributed by atoms with E-state index in [0.29, 0.717) is 28.3 Å². The fourth-order valence-electron chi connectivity index (χ4n) is 10.2. The Hall–Kier alpha value is -8.10. The van der Waals surface area contributed by atoms with E-state index in [1.165, 1.54) is 88.1 Å². The molecule has 3 fully saturated rings. The molecular weight excluding hydrogens is 1700 g/mol. The van der Waals surface area contributed by atoms with E-state index in [1.54, 1.807) is 54.8 Å². The van der Waals surface area contributed by atoms with E-state index in [9.17, 15) is 77.3 Å². The molecular formula is C64H76IN11O23S7Si2. The van der Waals surface area contributed by atoms with Gasteiger partial charge in [-0.2, -0.15) is 0 Å². The number of β-lactam (4-membered cyclic amide) rings is 3. The fourth-order valence-corrected chi connectivity index (χ4v) is 19.5. The minimum Gasteiger partial charge on any atom is -0.515 e. The Balaban J connectivity index is 0.000000236. The van der Waals surface area contributed by atoms with Crippen LogP contribution in [-0.2, 0) is 71.7 Å². The van der Waals surface area contributed by atoms with Gasteiger partial charge in [-0.25, -0.2) is 19.4 Å². The second-order valence-electron chi connectivity index (χ2n) is 24.7. The van der Waals surface area contributed by atoms with Crippen molar-refractivity contribution < 1.29 is 110 Å². The SMILES string of the molecule is CCC(=O)/C(=N/OC)C(=O)N[C@@H]1C(=O)N2C(C(=O)O)=C(CSC(=O)c3ccco3)CS[C@H]12.CCC(=O)/C(=N/OC)C(C)=O.CO/N=C(\C(=O)N[C@@H]1C(=O)N2C(C(=O)O)=C(CSC(=O)c3ccco3)CS[C@H]12)c1csc(N)n1.C[Si](C)(C)N[C@@H]1C(=O)N2C(C(=O)O[Si](C)(C)C)=C(CSC(=O)c3ccco3)CS[C@H]12.I. The van der Waals surface area contributed by atoms with Crippen LogP contribution in [0, 0.1) is 0 Å². The van der Waals surface area contributed by atoms with Crippen LogP contribution in [0.3, 0.4) is 0 Å². The molecule has 0 saturated carbocycles. The van der Waals surface area contributed by atoms with Crippen molar-refractivity contribution in [2.75, 3.05) is 61.6 Å². The molecule has 6 aliphatic rings. The number of thioether (sulfide) groups is 6. The van der Waals surface area contributed by atoms with Crippen LogP contribution < -0.4 is 21.3 Å². The second kappa shape index (κ2) is 40.0. The number of nitrogens with two attached hydrogens (primary N) is 1. The first-order valence-corrected chi connectivity index (χ1v) is 45.8. The maximum Gasteiger partial charge on any atom is 0.352 e. The lowest BCUT2D eigenvalue weighted by Gasteiger charge is -2.51. The zero-order valence-electron chi connectivity index (χ0n) is 59.8. The third-order valence-electron chi connectivity index (χ3n) is 14.8. The number of halogens is 1. The summed E-state index contributed by atoms with van der Waals surface area (Å²) >= 11 is 8.11. The number of carboxylic acid groups (broad SMARTS) is 2. The number of nitrogens with one attached hydrogen (secondary N) is 3. The van der Waals surface area contributed by atoms with Crippen molar-refractivity contribution in [3.8, 4) is 0 Å². The minimum absolute atomic E-state index is 0. The highest BCUT2D eigenvalue weighted by Crippen LogP contribution is 2.45. The molecule has 0 spiro atoms. The van der Waals surface area contributed by atoms with Gasteiger partial charge in [0, 0.05) is 59.7 Å². The molecule has 582 valence electrons. The Labute approximate surface area is 666 Å². The van der Waals surface area contributed by atoms with E-state index in [1.807, 2.05) is 19.6 Å². The van der Waals surface area contributed by atoms with E-state index in [-0.39, 0.29) is 155 Å². The number of aromatic nitrogens is 1. The van der Waals surface area contributed by atoms with Gasteiger partial charge in [0.1, 0.15) is 86.6 Å².